The fraction of sp³-hybridized carbons (Fsp3) is 0.375. The molecule has 0 atom stereocenters. The predicted molar refractivity (Wildman–Crippen MR) is 43.1 cm³/mol. The van der Waals surface area contributed by atoms with Gasteiger partial charge in [0.05, 0.1) is 6.26 Å². The summed E-state index contributed by atoms with van der Waals surface area (Å²) in [6.07, 6.45) is 1.29. The van der Waals surface area contributed by atoms with E-state index in [0.717, 1.165) is 5.76 Å². The lowest BCUT2D eigenvalue weighted by atomic mass is 10.3. The maximum Gasteiger partial charge on any atom is 0.407 e. The zero-order valence-electron chi connectivity index (χ0n) is 6.86. The van der Waals surface area contributed by atoms with Crippen molar-refractivity contribution < 1.29 is 14.3 Å². The first-order valence-corrected chi connectivity index (χ1v) is 3.66. The average molecular weight is 169 g/mol. The summed E-state index contributed by atoms with van der Waals surface area (Å²) >= 11 is 0. The van der Waals surface area contributed by atoms with Crippen molar-refractivity contribution in [2.24, 2.45) is 0 Å². The summed E-state index contributed by atoms with van der Waals surface area (Å²) in [5.41, 5.74) is 0. The summed E-state index contributed by atoms with van der Waals surface area (Å²) in [5.74, 6) is 0.808. The zero-order chi connectivity index (χ0) is 8.97. The first-order chi connectivity index (χ1) is 5.70. The highest BCUT2D eigenvalue weighted by atomic mass is 16.4. The molecule has 0 saturated heterocycles. The van der Waals surface area contributed by atoms with Gasteiger partial charge in [0.15, 0.2) is 0 Å². The van der Waals surface area contributed by atoms with Gasteiger partial charge in [-0.05, 0) is 12.1 Å². The Morgan fingerprint density at radius 3 is 3.00 bits per heavy atom. The Kier molecular flexibility index (Phi) is 2.74. The van der Waals surface area contributed by atoms with Crippen molar-refractivity contribution in [2.75, 3.05) is 13.6 Å². The van der Waals surface area contributed by atoms with E-state index >= 15 is 0 Å². The fourth-order valence-electron chi connectivity index (χ4n) is 0.828. The molecular formula is C8H11NO3. The molecule has 0 unspecified atom stereocenters. The smallest absolute Gasteiger partial charge is 0.407 e. The topological polar surface area (TPSA) is 53.7 Å². The molecule has 0 radical (unpaired) electrons. The van der Waals surface area contributed by atoms with Crippen LogP contribution >= 0.6 is 0 Å². The average Bonchev–Trinajstić information content (AvgIpc) is 2.51. The molecule has 4 heteroatoms. The number of nitrogens with zero attached hydrogens (tertiary/aromatic N) is 1. The summed E-state index contributed by atoms with van der Waals surface area (Å²) in [4.78, 5) is 11.6. The van der Waals surface area contributed by atoms with Gasteiger partial charge in [-0.15, -0.1) is 0 Å². The minimum Gasteiger partial charge on any atom is -0.469 e. The summed E-state index contributed by atoms with van der Waals surface area (Å²) in [7, 11) is 1.53. The van der Waals surface area contributed by atoms with Crippen molar-refractivity contribution in [3.8, 4) is 0 Å². The number of hydrogen-bond donors (Lipinski definition) is 1. The first kappa shape index (κ1) is 8.64. The van der Waals surface area contributed by atoms with Crippen LogP contribution in [-0.2, 0) is 6.42 Å². The molecule has 4 nitrogen and oxygen atoms in total. The zero-order valence-corrected chi connectivity index (χ0v) is 6.86. The monoisotopic (exact) mass is 169 g/mol. The Morgan fingerprint density at radius 2 is 2.50 bits per heavy atom. The van der Waals surface area contributed by atoms with Crippen molar-refractivity contribution in [1.82, 2.24) is 4.90 Å². The Morgan fingerprint density at radius 1 is 1.75 bits per heavy atom. The van der Waals surface area contributed by atoms with E-state index in [0.29, 0.717) is 13.0 Å². The van der Waals surface area contributed by atoms with Gasteiger partial charge in [0, 0.05) is 20.0 Å². The largest absolute Gasteiger partial charge is 0.469 e. The van der Waals surface area contributed by atoms with E-state index in [1.807, 2.05) is 6.07 Å². The highest BCUT2D eigenvalue weighted by molar-refractivity contribution is 5.64. The maximum absolute atomic E-state index is 10.4. The summed E-state index contributed by atoms with van der Waals surface area (Å²) < 4.78 is 5.04. The van der Waals surface area contributed by atoms with Crippen molar-refractivity contribution in [2.45, 2.75) is 6.42 Å². The lowest BCUT2D eigenvalue weighted by Crippen LogP contribution is -2.26. The van der Waals surface area contributed by atoms with Crippen molar-refractivity contribution in [3.63, 3.8) is 0 Å². The van der Waals surface area contributed by atoms with E-state index < -0.39 is 6.09 Å². The molecule has 1 N–H and O–H groups in total. The third kappa shape index (κ3) is 2.30. The standard InChI is InChI=1S/C8H11NO3/c1-9(8(10)11)5-4-7-3-2-6-12-7/h2-3,6H,4-5H2,1H3,(H,10,11). The molecule has 0 aliphatic heterocycles. The molecule has 0 aliphatic carbocycles. The minimum atomic E-state index is -0.915. The van der Waals surface area contributed by atoms with Crippen molar-refractivity contribution in [1.29, 1.82) is 0 Å². The second-order valence-corrected chi connectivity index (χ2v) is 2.53. The first-order valence-electron chi connectivity index (χ1n) is 3.66. The van der Waals surface area contributed by atoms with Gasteiger partial charge in [-0.25, -0.2) is 4.79 Å². The van der Waals surface area contributed by atoms with Gasteiger partial charge >= 0.3 is 6.09 Å². The Bertz CT molecular complexity index is 243. The third-order valence-corrected chi connectivity index (χ3v) is 1.60. The molecule has 1 rings (SSSR count). The van der Waals surface area contributed by atoms with Crippen LogP contribution in [0.5, 0.6) is 0 Å². The van der Waals surface area contributed by atoms with Gasteiger partial charge < -0.3 is 14.4 Å². The van der Waals surface area contributed by atoms with Crippen LogP contribution in [0.2, 0.25) is 0 Å². The fourth-order valence-corrected chi connectivity index (χ4v) is 0.828. The third-order valence-electron chi connectivity index (χ3n) is 1.60. The van der Waals surface area contributed by atoms with E-state index in [2.05, 4.69) is 0 Å². The lowest BCUT2D eigenvalue weighted by molar-refractivity contribution is 0.156. The van der Waals surface area contributed by atoms with E-state index in [1.165, 1.54) is 11.9 Å². The number of amides is 1. The molecule has 66 valence electrons. The number of hydrogen-bond acceptors (Lipinski definition) is 2. The van der Waals surface area contributed by atoms with Crippen LogP contribution < -0.4 is 0 Å². The molecule has 0 aliphatic rings. The van der Waals surface area contributed by atoms with Gasteiger partial charge in [0.25, 0.3) is 0 Å². The molecule has 0 fully saturated rings. The Hall–Kier alpha value is -1.45. The number of carboxylic acid groups (broad SMARTS) is 1. The van der Waals surface area contributed by atoms with Crippen molar-refractivity contribution in [3.05, 3.63) is 24.2 Å². The van der Waals surface area contributed by atoms with E-state index in [1.54, 1.807) is 12.3 Å². The summed E-state index contributed by atoms with van der Waals surface area (Å²) in [6, 6.07) is 3.62. The van der Waals surface area contributed by atoms with Crippen molar-refractivity contribution >= 4 is 6.09 Å². The van der Waals surface area contributed by atoms with Crippen LogP contribution in [0.3, 0.4) is 0 Å². The quantitative estimate of drug-likeness (QED) is 0.744. The summed E-state index contributed by atoms with van der Waals surface area (Å²) in [6.45, 7) is 0.461. The van der Waals surface area contributed by atoms with Crippen LogP contribution in [0.25, 0.3) is 0 Å². The van der Waals surface area contributed by atoms with Gasteiger partial charge in [0.1, 0.15) is 5.76 Å². The molecule has 1 amide bonds. The van der Waals surface area contributed by atoms with Gasteiger partial charge in [-0.1, -0.05) is 0 Å². The molecule has 0 aromatic carbocycles. The molecular weight excluding hydrogens is 158 g/mol. The van der Waals surface area contributed by atoms with Crippen LogP contribution in [0.4, 0.5) is 4.79 Å². The lowest BCUT2D eigenvalue weighted by Gasteiger charge is -2.10. The number of furan rings is 1. The van der Waals surface area contributed by atoms with Crippen LogP contribution in [0.15, 0.2) is 22.8 Å². The molecule has 0 spiro atoms. The number of rotatable bonds is 3. The SMILES string of the molecule is CN(CCc1ccco1)C(=O)O. The molecule has 1 aromatic heterocycles. The van der Waals surface area contributed by atoms with Gasteiger partial charge in [0.2, 0.25) is 0 Å². The van der Waals surface area contributed by atoms with Crippen LogP contribution in [0, 0.1) is 0 Å². The van der Waals surface area contributed by atoms with Crippen LogP contribution in [0.1, 0.15) is 5.76 Å². The molecule has 0 saturated carbocycles. The highest BCUT2D eigenvalue weighted by Gasteiger charge is 2.05. The molecule has 1 aromatic rings. The molecule has 12 heavy (non-hydrogen) atoms. The van der Waals surface area contributed by atoms with Gasteiger partial charge in [-0.3, -0.25) is 0 Å². The summed E-state index contributed by atoms with van der Waals surface area (Å²) in [5, 5.41) is 8.51. The van der Waals surface area contributed by atoms with E-state index in [9.17, 15) is 4.79 Å². The Balaban J connectivity index is 2.31. The highest BCUT2D eigenvalue weighted by Crippen LogP contribution is 2.01. The number of likely N-dealkylation sites (N-methyl/N-ethyl adjacent to an activating group) is 1. The second kappa shape index (κ2) is 3.80. The molecule has 0 bridgehead atoms. The second-order valence-electron chi connectivity index (χ2n) is 2.53. The van der Waals surface area contributed by atoms with Crippen LogP contribution in [-0.4, -0.2) is 29.7 Å². The minimum absolute atomic E-state index is 0.461. The Labute approximate surface area is 70.4 Å². The normalized spacial score (nSPS) is 9.75. The van der Waals surface area contributed by atoms with Gasteiger partial charge in [-0.2, -0.15) is 0 Å². The number of carbonyl (C=O) groups is 1. The van der Waals surface area contributed by atoms with E-state index in [-0.39, 0.29) is 0 Å². The van der Waals surface area contributed by atoms with E-state index in [4.69, 9.17) is 9.52 Å². The molecule has 1 heterocycles. The maximum atomic E-state index is 10.4. The predicted octanol–water partition coefficient (Wildman–Crippen LogP) is 1.43.